The van der Waals surface area contributed by atoms with Gasteiger partial charge in [0.05, 0.1) is 17.3 Å². The number of nitrogen functional groups attached to an aromatic ring is 1. The third-order valence-corrected chi connectivity index (χ3v) is 3.09. The second-order valence-electron chi connectivity index (χ2n) is 6.22. The van der Waals surface area contributed by atoms with Crippen molar-refractivity contribution in [2.45, 2.75) is 26.4 Å². The largest absolute Gasteiger partial charge is 0.390 e. The highest BCUT2D eigenvalue weighted by molar-refractivity contribution is 5.93. The van der Waals surface area contributed by atoms with Crippen molar-refractivity contribution in [3.05, 3.63) is 42.1 Å². The zero-order chi connectivity index (χ0) is 16.4. The van der Waals surface area contributed by atoms with Gasteiger partial charge in [-0.2, -0.15) is 0 Å². The van der Waals surface area contributed by atoms with Gasteiger partial charge in [-0.05, 0) is 26.8 Å². The fourth-order valence-corrected chi connectivity index (χ4v) is 2.08. The Morgan fingerprint density at radius 2 is 1.91 bits per heavy atom. The molecule has 0 aliphatic rings. The van der Waals surface area contributed by atoms with Gasteiger partial charge in [-0.3, -0.25) is 0 Å². The van der Waals surface area contributed by atoms with E-state index in [2.05, 4.69) is 20.1 Å². The third-order valence-electron chi connectivity index (χ3n) is 3.09. The zero-order valence-corrected chi connectivity index (χ0v) is 13.4. The molecule has 2 aromatic heterocycles. The number of fused-ring (bicyclic) bond motifs is 1. The van der Waals surface area contributed by atoms with Crippen molar-refractivity contribution in [2.75, 3.05) is 5.73 Å². The van der Waals surface area contributed by atoms with Crippen LogP contribution in [0.15, 0.2) is 41.6 Å². The lowest BCUT2D eigenvalue weighted by Gasteiger charge is -2.14. The van der Waals surface area contributed by atoms with Crippen LogP contribution in [0.4, 0.5) is 5.82 Å². The maximum Gasteiger partial charge on any atom is 0.163 e. The number of nitrogens with two attached hydrogens (primary N) is 1. The Bertz CT molecular complexity index is 847. The van der Waals surface area contributed by atoms with Crippen molar-refractivity contribution in [3.8, 4) is 11.4 Å². The van der Waals surface area contributed by atoms with E-state index in [9.17, 15) is 0 Å². The first-order valence-corrected chi connectivity index (χ1v) is 7.35. The predicted octanol–water partition coefficient (Wildman–Crippen LogP) is 3.36. The molecule has 2 heterocycles. The standard InChI is InChI=1S/C17H19N5O/c1-17(2,3)23-19-10-12-9-13-14(18)21-15(22-16(13)20-12)11-7-5-4-6-8-11/h4-10H,1-3H3,(H3,18,20,21,22). The summed E-state index contributed by atoms with van der Waals surface area (Å²) in [4.78, 5) is 17.4. The minimum absolute atomic E-state index is 0.332. The van der Waals surface area contributed by atoms with Crippen molar-refractivity contribution in [2.24, 2.45) is 5.16 Å². The summed E-state index contributed by atoms with van der Waals surface area (Å²) in [5.74, 6) is 1.02. The lowest BCUT2D eigenvalue weighted by molar-refractivity contribution is 0.00197. The maximum atomic E-state index is 6.06. The molecule has 0 aliphatic heterocycles. The van der Waals surface area contributed by atoms with Gasteiger partial charge in [-0.1, -0.05) is 35.5 Å². The van der Waals surface area contributed by atoms with E-state index in [0.717, 1.165) is 16.6 Å². The van der Waals surface area contributed by atoms with Gasteiger partial charge in [0.1, 0.15) is 17.1 Å². The molecule has 3 N–H and O–H groups in total. The number of aromatic nitrogens is 3. The van der Waals surface area contributed by atoms with Gasteiger partial charge in [0, 0.05) is 5.56 Å². The Morgan fingerprint density at radius 3 is 2.61 bits per heavy atom. The van der Waals surface area contributed by atoms with Crippen LogP contribution >= 0.6 is 0 Å². The van der Waals surface area contributed by atoms with Crippen LogP contribution in [0.5, 0.6) is 0 Å². The molecule has 0 unspecified atom stereocenters. The molecule has 0 saturated carbocycles. The molecule has 1 aromatic carbocycles. The Hall–Kier alpha value is -2.89. The molecular formula is C17H19N5O. The average Bonchev–Trinajstić information content (AvgIpc) is 2.90. The van der Waals surface area contributed by atoms with E-state index in [1.165, 1.54) is 0 Å². The number of benzene rings is 1. The van der Waals surface area contributed by atoms with E-state index < -0.39 is 0 Å². The first kappa shape index (κ1) is 15.0. The van der Waals surface area contributed by atoms with Crippen LogP contribution in [0.25, 0.3) is 22.4 Å². The van der Waals surface area contributed by atoms with Crippen molar-refractivity contribution in [3.63, 3.8) is 0 Å². The first-order valence-electron chi connectivity index (χ1n) is 7.35. The summed E-state index contributed by atoms with van der Waals surface area (Å²) >= 11 is 0. The molecule has 0 saturated heterocycles. The second-order valence-corrected chi connectivity index (χ2v) is 6.22. The molecule has 6 nitrogen and oxygen atoms in total. The van der Waals surface area contributed by atoms with Crippen LogP contribution in [-0.4, -0.2) is 26.8 Å². The SMILES string of the molecule is CC(C)(C)ON=Cc1cc2c(N)nc(-c3ccccc3)nc2[nH]1. The summed E-state index contributed by atoms with van der Waals surface area (Å²) < 4.78 is 0. The molecule has 3 aromatic rings. The van der Waals surface area contributed by atoms with Crippen LogP contribution in [0.1, 0.15) is 26.5 Å². The number of oxime groups is 1. The van der Waals surface area contributed by atoms with E-state index in [0.29, 0.717) is 17.3 Å². The molecule has 6 heteroatoms. The molecular weight excluding hydrogens is 290 g/mol. The number of aromatic amines is 1. The fraction of sp³-hybridized carbons (Fsp3) is 0.235. The van der Waals surface area contributed by atoms with Gasteiger partial charge < -0.3 is 15.6 Å². The predicted molar refractivity (Wildman–Crippen MR) is 92.2 cm³/mol. The van der Waals surface area contributed by atoms with Crippen LogP contribution in [-0.2, 0) is 4.84 Å². The molecule has 0 spiro atoms. The number of hydrogen-bond acceptors (Lipinski definition) is 5. The van der Waals surface area contributed by atoms with E-state index in [1.807, 2.05) is 57.2 Å². The van der Waals surface area contributed by atoms with Gasteiger partial charge in [0.2, 0.25) is 0 Å². The Kier molecular flexibility index (Phi) is 3.73. The minimum atomic E-state index is -0.332. The van der Waals surface area contributed by atoms with Gasteiger partial charge in [-0.15, -0.1) is 0 Å². The number of hydrogen-bond donors (Lipinski definition) is 2. The van der Waals surface area contributed by atoms with Crippen molar-refractivity contribution < 1.29 is 4.84 Å². The van der Waals surface area contributed by atoms with Crippen LogP contribution < -0.4 is 5.73 Å². The molecule has 23 heavy (non-hydrogen) atoms. The van der Waals surface area contributed by atoms with Crippen LogP contribution in [0.2, 0.25) is 0 Å². The summed E-state index contributed by atoms with van der Waals surface area (Å²) in [7, 11) is 0. The molecule has 0 atom stereocenters. The number of rotatable bonds is 3. The lowest BCUT2D eigenvalue weighted by Crippen LogP contribution is -2.15. The molecule has 0 bridgehead atoms. The number of H-pyrrole nitrogens is 1. The van der Waals surface area contributed by atoms with E-state index in [1.54, 1.807) is 6.21 Å². The molecule has 0 fully saturated rings. The van der Waals surface area contributed by atoms with Gasteiger partial charge >= 0.3 is 0 Å². The van der Waals surface area contributed by atoms with E-state index >= 15 is 0 Å². The lowest BCUT2D eigenvalue weighted by atomic mass is 10.2. The van der Waals surface area contributed by atoms with Crippen LogP contribution in [0.3, 0.4) is 0 Å². The first-order chi connectivity index (χ1) is 10.9. The average molecular weight is 309 g/mol. The Morgan fingerprint density at radius 1 is 1.17 bits per heavy atom. The number of anilines is 1. The summed E-state index contributed by atoms with van der Waals surface area (Å²) in [6.45, 7) is 5.81. The Balaban J connectivity index is 1.95. The normalized spacial score (nSPS) is 12.1. The number of nitrogens with one attached hydrogen (secondary N) is 1. The molecule has 3 rings (SSSR count). The van der Waals surface area contributed by atoms with Crippen molar-refractivity contribution in [1.82, 2.24) is 15.0 Å². The minimum Gasteiger partial charge on any atom is -0.390 e. The quantitative estimate of drug-likeness (QED) is 0.573. The summed E-state index contributed by atoms with van der Waals surface area (Å²) in [6.07, 6.45) is 1.61. The Labute approximate surface area is 134 Å². The van der Waals surface area contributed by atoms with Gasteiger partial charge in [0.25, 0.3) is 0 Å². The summed E-state index contributed by atoms with van der Waals surface area (Å²) in [5.41, 5.74) is 8.08. The molecule has 0 radical (unpaired) electrons. The van der Waals surface area contributed by atoms with E-state index in [-0.39, 0.29) is 5.60 Å². The summed E-state index contributed by atoms with van der Waals surface area (Å²) in [5, 5.41) is 4.74. The van der Waals surface area contributed by atoms with Crippen molar-refractivity contribution >= 4 is 23.1 Å². The smallest absolute Gasteiger partial charge is 0.163 e. The molecule has 0 amide bonds. The van der Waals surface area contributed by atoms with Gasteiger partial charge in [0.15, 0.2) is 5.82 Å². The monoisotopic (exact) mass is 309 g/mol. The highest BCUT2D eigenvalue weighted by atomic mass is 16.6. The van der Waals surface area contributed by atoms with Gasteiger partial charge in [-0.25, -0.2) is 9.97 Å². The van der Waals surface area contributed by atoms with Crippen molar-refractivity contribution in [1.29, 1.82) is 0 Å². The highest BCUT2D eigenvalue weighted by Gasteiger charge is 2.11. The van der Waals surface area contributed by atoms with Crippen LogP contribution in [0, 0.1) is 0 Å². The van der Waals surface area contributed by atoms with E-state index in [4.69, 9.17) is 10.6 Å². The maximum absolute atomic E-state index is 6.06. The summed E-state index contributed by atoms with van der Waals surface area (Å²) in [6, 6.07) is 11.6. The zero-order valence-electron chi connectivity index (χ0n) is 13.4. The third kappa shape index (κ3) is 3.48. The second kappa shape index (κ2) is 5.72. The fourth-order valence-electron chi connectivity index (χ4n) is 2.08. The molecule has 118 valence electrons. The topological polar surface area (TPSA) is 89.2 Å². The number of nitrogens with zero attached hydrogens (tertiary/aromatic N) is 3. The highest BCUT2D eigenvalue weighted by Crippen LogP contribution is 2.23. The molecule has 0 aliphatic carbocycles.